The van der Waals surface area contributed by atoms with Crippen LogP contribution in [0.4, 0.5) is 9.18 Å². The van der Waals surface area contributed by atoms with E-state index in [4.69, 9.17) is 5.73 Å². The van der Waals surface area contributed by atoms with E-state index in [-0.39, 0.29) is 24.5 Å². The molecule has 21 heavy (non-hydrogen) atoms. The summed E-state index contributed by atoms with van der Waals surface area (Å²) in [7, 11) is -3.76. The third-order valence-corrected chi connectivity index (χ3v) is 5.30. The van der Waals surface area contributed by atoms with E-state index >= 15 is 0 Å². The fraction of sp³-hybridized carbons (Fsp3) is 0.462. The molecule has 0 aliphatic carbocycles. The third-order valence-electron chi connectivity index (χ3n) is 3.42. The number of urea groups is 1. The van der Waals surface area contributed by atoms with Gasteiger partial charge in [-0.2, -0.15) is 4.31 Å². The smallest absolute Gasteiger partial charge is 0.314 e. The molecule has 2 N–H and O–H groups in total. The summed E-state index contributed by atoms with van der Waals surface area (Å²) in [6, 6.07) is 3.17. The van der Waals surface area contributed by atoms with Gasteiger partial charge in [0.05, 0.1) is 4.90 Å². The minimum Gasteiger partial charge on any atom is -0.351 e. The van der Waals surface area contributed by atoms with Gasteiger partial charge in [0.25, 0.3) is 0 Å². The molecule has 0 spiro atoms. The molecule has 6 nitrogen and oxygen atoms in total. The summed E-state index contributed by atoms with van der Waals surface area (Å²) in [5, 5.41) is 0. The lowest BCUT2D eigenvalue weighted by molar-refractivity contribution is 0.210. The van der Waals surface area contributed by atoms with Gasteiger partial charge in [0.2, 0.25) is 10.0 Å². The summed E-state index contributed by atoms with van der Waals surface area (Å²) in [5.41, 5.74) is 5.76. The van der Waals surface area contributed by atoms with E-state index in [1.807, 2.05) is 0 Å². The second-order valence-electron chi connectivity index (χ2n) is 5.05. The normalized spacial score (nSPS) is 17.5. The van der Waals surface area contributed by atoms with Crippen LogP contribution >= 0.6 is 0 Å². The molecule has 1 aromatic rings. The summed E-state index contributed by atoms with van der Waals surface area (Å²) in [6.45, 7) is 2.73. The number of nitrogens with two attached hydrogens (primary N) is 1. The highest BCUT2D eigenvalue weighted by atomic mass is 32.2. The van der Waals surface area contributed by atoms with E-state index in [2.05, 4.69) is 0 Å². The maximum atomic E-state index is 13.4. The number of hydrogen-bond acceptors (Lipinski definition) is 3. The van der Waals surface area contributed by atoms with E-state index in [0.717, 1.165) is 6.07 Å². The molecule has 1 saturated heterocycles. The van der Waals surface area contributed by atoms with Gasteiger partial charge in [-0.3, -0.25) is 0 Å². The molecule has 0 saturated carbocycles. The number of amides is 2. The molecule has 0 aromatic heterocycles. The minimum absolute atomic E-state index is 0.0625. The number of carbonyl (C=O) groups excluding carboxylic acids is 1. The van der Waals surface area contributed by atoms with Gasteiger partial charge >= 0.3 is 6.03 Å². The summed E-state index contributed by atoms with van der Waals surface area (Å²) in [4.78, 5) is 12.5. The number of hydrogen-bond donors (Lipinski definition) is 1. The standard InChI is InChI=1S/C13H18FN3O3S/c1-10-7-11(14)9-12(8-10)21(19,20)17-4-2-3-16(5-6-17)13(15)18/h7-9H,2-6H2,1H3,(H2,15,18). The zero-order chi connectivity index (χ0) is 15.6. The Morgan fingerprint density at radius 1 is 1.19 bits per heavy atom. The van der Waals surface area contributed by atoms with Crippen LogP contribution in [0.15, 0.2) is 23.1 Å². The van der Waals surface area contributed by atoms with Crippen molar-refractivity contribution in [2.75, 3.05) is 26.2 Å². The molecule has 8 heteroatoms. The summed E-state index contributed by atoms with van der Waals surface area (Å²) in [5.74, 6) is -0.581. The van der Waals surface area contributed by atoms with E-state index in [1.54, 1.807) is 6.92 Å². The molecule has 2 rings (SSSR count). The molecule has 116 valence electrons. The average Bonchev–Trinajstić information content (AvgIpc) is 2.63. The molecule has 0 bridgehead atoms. The molecular weight excluding hydrogens is 297 g/mol. The van der Waals surface area contributed by atoms with Gasteiger partial charge < -0.3 is 10.6 Å². The molecule has 0 atom stereocenters. The number of rotatable bonds is 2. The lowest BCUT2D eigenvalue weighted by Crippen LogP contribution is -2.39. The monoisotopic (exact) mass is 315 g/mol. The first kappa shape index (κ1) is 15.7. The van der Waals surface area contributed by atoms with Crippen molar-refractivity contribution < 1.29 is 17.6 Å². The molecule has 0 unspecified atom stereocenters. The largest absolute Gasteiger partial charge is 0.351 e. The van der Waals surface area contributed by atoms with Crippen molar-refractivity contribution in [2.45, 2.75) is 18.2 Å². The Morgan fingerprint density at radius 3 is 2.52 bits per heavy atom. The minimum atomic E-state index is -3.76. The van der Waals surface area contributed by atoms with Crippen LogP contribution in [0.25, 0.3) is 0 Å². The number of aryl methyl sites for hydroxylation is 1. The Labute approximate surface area is 123 Å². The van der Waals surface area contributed by atoms with Crippen molar-refractivity contribution >= 4 is 16.1 Å². The SMILES string of the molecule is Cc1cc(F)cc(S(=O)(=O)N2CCCN(C(N)=O)CC2)c1. The first-order valence-corrected chi connectivity index (χ1v) is 8.06. The van der Waals surface area contributed by atoms with Gasteiger partial charge in [0.1, 0.15) is 5.82 Å². The van der Waals surface area contributed by atoms with Crippen molar-refractivity contribution in [2.24, 2.45) is 5.73 Å². The molecule has 1 fully saturated rings. The highest BCUT2D eigenvalue weighted by molar-refractivity contribution is 7.89. The van der Waals surface area contributed by atoms with Crippen LogP contribution in [0.3, 0.4) is 0 Å². The van der Waals surface area contributed by atoms with E-state index in [0.29, 0.717) is 18.5 Å². The highest BCUT2D eigenvalue weighted by Crippen LogP contribution is 2.20. The Balaban J connectivity index is 2.25. The van der Waals surface area contributed by atoms with Gasteiger partial charge in [0.15, 0.2) is 0 Å². The number of primary amides is 1. The highest BCUT2D eigenvalue weighted by Gasteiger charge is 2.28. The quantitative estimate of drug-likeness (QED) is 0.880. The molecule has 1 aliphatic heterocycles. The Hall–Kier alpha value is -1.67. The molecule has 1 aliphatic rings. The number of sulfonamides is 1. The Bertz CT molecular complexity index is 628. The summed E-state index contributed by atoms with van der Waals surface area (Å²) < 4.78 is 39.8. The number of halogens is 1. The lowest BCUT2D eigenvalue weighted by Gasteiger charge is -2.21. The van der Waals surface area contributed by atoms with E-state index in [1.165, 1.54) is 21.3 Å². The average molecular weight is 315 g/mol. The fourth-order valence-corrected chi connectivity index (χ4v) is 3.94. The Kier molecular flexibility index (Phi) is 4.48. The summed E-state index contributed by atoms with van der Waals surface area (Å²) >= 11 is 0. The van der Waals surface area contributed by atoms with Gasteiger partial charge in [-0.05, 0) is 37.1 Å². The van der Waals surface area contributed by atoms with Crippen molar-refractivity contribution in [3.8, 4) is 0 Å². The van der Waals surface area contributed by atoms with Crippen LogP contribution in [0.5, 0.6) is 0 Å². The summed E-state index contributed by atoms with van der Waals surface area (Å²) in [6.07, 6.45) is 0.496. The zero-order valence-corrected chi connectivity index (χ0v) is 12.6. The van der Waals surface area contributed by atoms with Gasteiger partial charge in [-0.15, -0.1) is 0 Å². The lowest BCUT2D eigenvalue weighted by atomic mass is 10.2. The number of nitrogens with zero attached hydrogens (tertiary/aromatic N) is 2. The first-order valence-electron chi connectivity index (χ1n) is 6.62. The van der Waals surface area contributed by atoms with Crippen molar-refractivity contribution in [3.63, 3.8) is 0 Å². The topological polar surface area (TPSA) is 83.7 Å². The van der Waals surface area contributed by atoms with Crippen LogP contribution in [0, 0.1) is 12.7 Å². The molecule has 0 radical (unpaired) electrons. The molecule has 1 aromatic carbocycles. The van der Waals surface area contributed by atoms with Crippen molar-refractivity contribution in [1.29, 1.82) is 0 Å². The van der Waals surface area contributed by atoms with Crippen molar-refractivity contribution in [1.82, 2.24) is 9.21 Å². The first-order chi connectivity index (χ1) is 9.80. The number of benzene rings is 1. The van der Waals surface area contributed by atoms with Crippen molar-refractivity contribution in [3.05, 3.63) is 29.6 Å². The second kappa shape index (κ2) is 5.98. The number of carbonyl (C=O) groups is 1. The van der Waals surface area contributed by atoms with Crippen LogP contribution in [0.1, 0.15) is 12.0 Å². The van der Waals surface area contributed by atoms with Gasteiger partial charge in [-0.25, -0.2) is 17.6 Å². The predicted octanol–water partition coefficient (Wildman–Crippen LogP) is 0.909. The van der Waals surface area contributed by atoms with Gasteiger partial charge in [0, 0.05) is 26.2 Å². The van der Waals surface area contributed by atoms with Crippen LogP contribution in [0.2, 0.25) is 0 Å². The van der Waals surface area contributed by atoms with Gasteiger partial charge in [-0.1, -0.05) is 0 Å². The van der Waals surface area contributed by atoms with Crippen LogP contribution < -0.4 is 5.73 Å². The fourth-order valence-electron chi connectivity index (χ4n) is 2.36. The van der Waals surface area contributed by atoms with E-state index < -0.39 is 21.9 Å². The maximum Gasteiger partial charge on any atom is 0.314 e. The van der Waals surface area contributed by atoms with Crippen LogP contribution in [-0.2, 0) is 10.0 Å². The zero-order valence-electron chi connectivity index (χ0n) is 11.8. The molecular formula is C13H18FN3O3S. The van der Waals surface area contributed by atoms with E-state index in [9.17, 15) is 17.6 Å². The Morgan fingerprint density at radius 2 is 1.90 bits per heavy atom. The van der Waals surface area contributed by atoms with Crippen LogP contribution in [-0.4, -0.2) is 49.8 Å². The maximum absolute atomic E-state index is 13.4. The second-order valence-corrected chi connectivity index (χ2v) is 6.99. The third kappa shape index (κ3) is 3.51. The molecule has 1 heterocycles. The predicted molar refractivity (Wildman–Crippen MR) is 75.7 cm³/mol. The molecule has 2 amide bonds.